The van der Waals surface area contributed by atoms with Gasteiger partial charge in [0.15, 0.2) is 0 Å². The van der Waals surface area contributed by atoms with Crippen LogP contribution in [0.5, 0.6) is 0 Å². The first-order valence-electron chi connectivity index (χ1n) is 5.42. The van der Waals surface area contributed by atoms with Crippen molar-refractivity contribution in [3.8, 4) is 0 Å². The van der Waals surface area contributed by atoms with Crippen molar-refractivity contribution in [2.75, 3.05) is 11.9 Å². The number of aliphatic hydroxyl groups excluding tert-OH is 1. The number of pyridine rings is 1. The highest BCUT2D eigenvalue weighted by Crippen LogP contribution is 2.25. The zero-order valence-corrected chi connectivity index (χ0v) is 10.3. The molecule has 2 rings (SSSR count). The molecule has 0 aromatic carbocycles. The molecular formula is C12H16N2OS. The van der Waals surface area contributed by atoms with Crippen LogP contribution in [0.15, 0.2) is 23.7 Å². The largest absolute Gasteiger partial charge is 0.391 e. The first-order chi connectivity index (χ1) is 7.68. The van der Waals surface area contributed by atoms with Crippen LogP contribution in [-0.4, -0.2) is 22.7 Å². The Labute approximate surface area is 99.1 Å². The van der Waals surface area contributed by atoms with Gasteiger partial charge in [0.2, 0.25) is 0 Å². The van der Waals surface area contributed by atoms with Crippen molar-refractivity contribution >= 4 is 27.2 Å². The zero-order chi connectivity index (χ0) is 11.5. The third kappa shape index (κ3) is 2.33. The van der Waals surface area contributed by atoms with Crippen molar-refractivity contribution in [1.29, 1.82) is 0 Å². The number of thiophene rings is 1. The fourth-order valence-corrected chi connectivity index (χ4v) is 2.25. The molecule has 0 aliphatic carbocycles. The molecule has 0 aliphatic heterocycles. The van der Waals surface area contributed by atoms with Gasteiger partial charge in [-0.2, -0.15) is 0 Å². The molecule has 0 spiro atoms. The van der Waals surface area contributed by atoms with Gasteiger partial charge in [0, 0.05) is 22.8 Å². The Morgan fingerprint density at radius 2 is 2.25 bits per heavy atom. The topological polar surface area (TPSA) is 45.1 Å². The summed E-state index contributed by atoms with van der Waals surface area (Å²) in [4.78, 5) is 4.29. The molecule has 4 heteroatoms. The van der Waals surface area contributed by atoms with E-state index in [0.717, 1.165) is 11.2 Å². The number of aliphatic hydroxyl groups is 1. The van der Waals surface area contributed by atoms with Crippen LogP contribution in [0.3, 0.4) is 0 Å². The fourth-order valence-electron chi connectivity index (χ4n) is 1.47. The van der Waals surface area contributed by atoms with E-state index in [0.29, 0.717) is 6.54 Å². The third-order valence-electron chi connectivity index (χ3n) is 2.63. The van der Waals surface area contributed by atoms with Crippen LogP contribution < -0.4 is 5.32 Å². The summed E-state index contributed by atoms with van der Waals surface area (Å²) in [6.07, 6.45) is 1.46. The monoisotopic (exact) mass is 236 g/mol. The van der Waals surface area contributed by atoms with Crippen molar-refractivity contribution in [1.82, 2.24) is 4.98 Å². The van der Waals surface area contributed by atoms with Crippen molar-refractivity contribution in [3.63, 3.8) is 0 Å². The van der Waals surface area contributed by atoms with Gasteiger partial charge in [-0.15, -0.1) is 11.3 Å². The SMILES string of the molecule is CC(C)C(O)CNc1nccc2sccc12. The van der Waals surface area contributed by atoms with Crippen molar-refractivity contribution in [2.24, 2.45) is 5.92 Å². The summed E-state index contributed by atoms with van der Waals surface area (Å²) >= 11 is 1.70. The minimum Gasteiger partial charge on any atom is -0.391 e. The van der Waals surface area contributed by atoms with Crippen LogP contribution in [0.2, 0.25) is 0 Å². The molecule has 0 saturated heterocycles. The number of hydrogen-bond donors (Lipinski definition) is 2. The molecule has 2 aromatic rings. The molecule has 0 bridgehead atoms. The fraction of sp³-hybridized carbons (Fsp3) is 0.417. The second-order valence-corrected chi connectivity index (χ2v) is 5.13. The zero-order valence-electron chi connectivity index (χ0n) is 9.47. The van der Waals surface area contributed by atoms with Gasteiger partial charge >= 0.3 is 0 Å². The number of fused-ring (bicyclic) bond motifs is 1. The molecule has 3 nitrogen and oxygen atoms in total. The molecule has 2 N–H and O–H groups in total. The predicted molar refractivity (Wildman–Crippen MR) is 69.0 cm³/mol. The maximum absolute atomic E-state index is 9.72. The minimum atomic E-state index is -0.337. The Hall–Kier alpha value is -1.13. The van der Waals surface area contributed by atoms with E-state index in [1.54, 1.807) is 17.5 Å². The summed E-state index contributed by atoms with van der Waals surface area (Å²) in [5.41, 5.74) is 0. The van der Waals surface area contributed by atoms with Gasteiger partial charge in [0.05, 0.1) is 6.10 Å². The molecule has 86 valence electrons. The number of nitrogens with one attached hydrogen (secondary N) is 1. The highest BCUT2D eigenvalue weighted by molar-refractivity contribution is 7.17. The van der Waals surface area contributed by atoms with Gasteiger partial charge in [-0.1, -0.05) is 13.8 Å². The lowest BCUT2D eigenvalue weighted by atomic mass is 10.1. The van der Waals surface area contributed by atoms with Crippen LogP contribution in [0, 0.1) is 5.92 Å². The molecule has 1 atom stereocenters. The van der Waals surface area contributed by atoms with Crippen LogP contribution in [0.1, 0.15) is 13.8 Å². The van der Waals surface area contributed by atoms with E-state index in [9.17, 15) is 5.11 Å². The molecule has 2 heterocycles. The molecule has 16 heavy (non-hydrogen) atoms. The van der Waals surface area contributed by atoms with Gasteiger partial charge in [0.1, 0.15) is 5.82 Å². The summed E-state index contributed by atoms with van der Waals surface area (Å²) in [5, 5.41) is 16.1. The van der Waals surface area contributed by atoms with E-state index in [2.05, 4.69) is 21.7 Å². The van der Waals surface area contributed by atoms with Crippen LogP contribution in [0.25, 0.3) is 10.1 Å². The molecule has 0 radical (unpaired) electrons. The number of aromatic nitrogens is 1. The van der Waals surface area contributed by atoms with Gasteiger partial charge in [-0.3, -0.25) is 0 Å². The number of anilines is 1. The maximum Gasteiger partial charge on any atom is 0.134 e. The highest BCUT2D eigenvalue weighted by Gasteiger charge is 2.10. The number of hydrogen-bond acceptors (Lipinski definition) is 4. The lowest BCUT2D eigenvalue weighted by molar-refractivity contribution is 0.138. The number of nitrogens with zero attached hydrogens (tertiary/aromatic N) is 1. The normalized spacial score (nSPS) is 13.2. The van der Waals surface area contributed by atoms with E-state index in [1.165, 1.54) is 4.70 Å². The minimum absolute atomic E-state index is 0.258. The van der Waals surface area contributed by atoms with Crippen LogP contribution in [-0.2, 0) is 0 Å². The molecule has 1 unspecified atom stereocenters. The maximum atomic E-state index is 9.72. The van der Waals surface area contributed by atoms with Gasteiger partial charge in [0.25, 0.3) is 0 Å². The van der Waals surface area contributed by atoms with Crippen molar-refractivity contribution < 1.29 is 5.11 Å². The smallest absolute Gasteiger partial charge is 0.134 e. The Balaban J connectivity index is 2.12. The Morgan fingerprint density at radius 3 is 3.00 bits per heavy atom. The summed E-state index contributed by atoms with van der Waals surface area (Å²) in [6.45, 7) is 4.55. The summed E-state index contributed by atoms with van der Waals surface area (Å²) in [5.74, 6) is 1.12. The summed E-state index contributed by atoms with van der Waals surface area (Å²) < 4.78 is 1.22. The standard InChI is InChI=1S/C12H16N2OS/c1-8(2)10(15)7-14-12-9-4-6-16-11(9)3-5-13-12/h3-6,8,10,15H,7H2,1-2H3,(H,13,14). The first kappa shape index (κ1) is 11.4. The van der Waals surface area contributed by atoms with Gasteiger partial charge < -0.3 is 10.4 Å². The average Bonchev–Trinajstić information content (AvgIpc) is 2.73. The Bertz CT molecular complexity index is 467. The lowest BCUT2D eigenvalue weighted by Gasteiger charge is -2.15. The van der Waals surface area contributed by atoms with E-state index in [-0.39, 0.29) is 12.0 Å². The van der Waals surface area contributed by atoms with Crippen LogP contribution in [0.4, 0.5) is 5.82 Å². The molecule has 0 amide bonds. The highest BCUT2D eigenvalue weighted by atomic mass is 32.1. The molecule has 0 saturated carbocycles. The molecular weight excluding hydrogens is 220 g/mol. The van der Waals surface area contributed by atoms with Crippen molar-refractivity contribution in [2.45, 2.75) is 20.0 Å². The second kappa shape index (κ2) is 4.80. The second-order valence-electron chi connectivity index (χ2n) is 4.18. The summed E-state index contributed by atoms with van der Waals surface area (Å²) in [7, 11) is 0. The van der Waals surface area contributed by atoms with Gasteiger partial charge in [-0.25, -0.2) is 4.98 Å². The van der Waals surface area contributed by atoms with Gasteiger partial charge in [-0.05, 0) is 23.4 Å². The lowest BCUT2D eigenvalue weighted by Crippen LogP contribution is -2.25. The average molecular weight is 236 g/mol. The predicted octanol–water partition coefficient (Wildman–Crippen LogP) is 2.73. The van der Waals surface area contributed by atoms with E-state index in [1.807, 2.05) is 19.9 Å². The quantitative estimate of drug-likeness (QED) is 0.858. The molecule has 0 fully saturated rings. The molecule has 0 aliphatic rings. The number of rotatable bonds is 4. The molecule has 2 aromatic heterocycles. The van der Waals surface area contributed by atoms with Crippen molar-refractivity contribution in [3.05, 3.63) is 23.7 Å². The van der Waals surface area contributed by atoms with E-state index >= 15 is 0 Å². The van der Waals surface area contributed by atoms with Crippen LogP contribution >= 0.6 is 11.3 Å². The first-order valence-corrected chi connectivity index (χ1v) is 6.30. The third-order valence-corrected chi connectivity index (χ3v) is 3.51. The van der Waals surface area contributed by atoms with E-state index < -0.39 is 0 Å². The Morgan fingerprint density at radius 1 is 1.44 bits per heavy atom. The summed E-state index contributed by atoms with van der Waals surface area (Å²) in [6, 6.07) is 4.06. The Kier molecular flexibility index (Phi) is 3.41. The van der Waals surface area contributed by atoms with E-state index in [4.69, 9.17) is 0 Å².